The zero-order valence-electron chi connectivity index (χ0n) is 8.42. The van der Waals surface area contributed by atoms with Gasteiger partial charge >= 0.3 is 0 Å². The molecule has 2 nitrogen and oxygen atoms in total. The van der Waals surface area contributed by atoms with Crippen LogP contribution in [0.2, 0.25) is 15.1 Å². The van der Waals surface area contributed by atoms with Crippen LogP contribution in [0.5, 0.6) is 11.5 Å². The number of aromatic hydroxyl groups is 2. The van der Waals surface area contributed by atoms with Crippen molar-refractivity contribution in [3.05, 3.63) is 45.4 Å². The van der Waals surface area contributed by atoms with E-state index in [2.05, 4.69) is 0 Å². The Bertz CT molecular complexity index is 582. The van der Waals surface area contributed by atoms with Crippen molar-refractivity contribution >= 4 is 34.8 Å². The summed E-state index contributed by atoms with van der Waals surface area (Å²) >= 11 is 17.4. The molecule has 0 radical (unpaired) electrons. The molecule has 2 aromatic rings. The number of benzene rings is 2. The highest BCUT2D eigenvalue weighted by molar-refractivity contribution is 6.42. The summed E-state index contributed by atoms with van der Waals surface area (Å²) in [5, 5.41) is 20.2. The molecule has 0 spiro atoms. The van der Waals surface area contributed by atoms with E-state index in [1.54, 1.807) is 24.3 Å². The predicted molar refractivity (Wildman–Crippen MR) is 70.2 cm³/mol. The van der Waals surface area contributed by atoms with Crippen LogP contribution in [0.3, 0.4) is 0 Å². The van der Waals surface area contributed by atoms with E-state index in [0.717, 1.165) is 0 Å². The Morgan fingerprint density at radius 2 is 1.35 bits per heavy atom. The van der Waals surface area contributed by atoms with E-state index in [4.69, 9.17) is 34.8 Å². The van der Waals surface area contributed by atoms with Crippen molar-refractivity contribution in [3.63, 3.8) is 0 Å². The van der Waals surface area contributed by atoms with Crippen LogP contribution in [0.25, 0.3) is 11.1 Å². The first-order chi connectivity index (χ1) is 8.00. The van der Waals surface area contributed by atoms with Gasteiger partial charge in [-0.05, 0) is 29.8 Å². The number of phenolic OH excluding ortho intramolecular Hbond substituents is 2. The lowest BCUT2D eigenvalue weighted by atomic mass is 10.0. The highest BCUT2D eigenvalue weighted by atomic mass is 35.5. The third-order valence-corrected chi connectivity index (χ3v) is 3.38. The minimum absolute atomic E-state index is 0.0892. The number of phenols is 2. The van der Waals surface area contributed by atoms with Gasteiger partial charge in [0.05, 0.1) is 15.1 Å². The Balaban J connectivity index is 2.61. The largest absolute Gasteiger partial charge is 0.504 e. The molecular weight excluding hydrogens is 282 g/mol. The van der Waals surface area contributed by atoms with Crippen molar-refractivity contribution < 1.29 is 10.2 Å². The van der Waals surface area contributed by atoms with Gasteiger partial charge in [-0.2, -0.15) is 0 Å². The van der Waals surface area contributed by atoms with E-state index in [9.17, 15) is 10.2 Å². The van der Waals surface area contributed by atoms with Gasteiger partial charge in [0.1, 0.15) is 0 Å². The molecule has 0 atom stereocenters. The van der Waals surface area contributed by atoms with Crippen LogP contribution in [-0.4, -0.2) is 10.2 Å². The first kappa shape index (κ1) is 12.4. The molecule has 5 heteroatoms. The molecule has 2 N–H and O–H groups in total. The van der Waals surface area contributed by atoms with Crippen LogP contribution in [0, 0.1) is 0 Å². The van der Waals surface area contributed by atoms with Gasteiger partial charge in [-0.1, -0.05) is 40.9 Å². The topological polar surface area (TPSA) is 40.5 Å². The Morgan fingerprint density at radius 3 is 2.00 bits per heavy atom. The van der Waals surface area contributed by atoms with Crippen molar-refractivity contribution in [2.24, 2.45) is 0 Å². The van der Waals surface area contributed by atoms with Gasteiger partial charge in [-0.25, -0.2) is 0 Å². The van der Waals surface area contributed by atoms with Gasteiger partial charge in [0.15, 0.2) is 11.5 Å². The third-order valence-electron chi connectivity index (χ3n) is 2.33. The first-order valence-corrected chi connectivity index (χ1v) is 5.80. The fraction of sp³-hybridized carbons (Fsp3) is 0. The normalized spacial score (nSPS) is 10.5. The maximum atomic E-state index is 9.78. The van der Waals surface area contributed by atoms with Crippen molar-refractivity contribution in [2.45, 2.75) is 0 Å². The van der Waals surface area contributed by atoms with Crippen LogP contribution in [0.4, 0.5) is 0 Å². The minimum Gasteiger partial charge on any atom is -0.504 e. The number of rotatable bonds is 1. The Labute approximate surface area is 113 Å². The Morgan fingerprint density at radius 1 is 0.706 bits per heavy atom. The molecule has 0 bridgehead atoms. The van der Waals surface area contributed by atoms with Gasteiger partial charge in [0.2, 0.25) is 0 Å². The van der Waals surface area contributed by atoms with Crippen LogP contribution in [-0.2, 0) is 0 Å². The Hall–Kier alpha value is -1.09. The van der Waals surface area contributed by atoms with Gasteiger partial charge in [0, 0.05) is 5.56 Å². The van der Waals surface area contributed by atoms with E-state index < -0.39 is 0 Å². The van der Waals surface area contributed by atoms with Gasteiger partial charge in [-0.3, -0.25) is 0 Å². The molecule has 2 aromatic carbocycles. The fourth-order valence-electron chi connectivity index (χ4n) is 1.45. The van der Waals surface area contributed by atoms with E-state index in [-0.39, 0.29) is 16.5 Å². The molecule has 0 heterocycles. The summed E-state index contributed by atoms with van der Waals surface area (Å²) < 4.78 is 0. The zero-order chi connectivity index (χ0) is 12.6. The average Bonchev–Trinajstić information content (AvgIpc) is 2.30. The van der Waals surface area contributed by atoms with Gasteiger partial charge in [0.25, 0.3) is 0 Å². The molecule has 0 amide bonds. The van der Waals surface area contributed by atoms with E-state index >= 15 is 0 Å². The molecule has 0 unspecified atom stereocenters. The minimum atomic E-state index is -0.352. The second kappa shape index (κ2) is 4.65. The first-order valence-electron chi connectivity index (χ1n) is 4.66. The number of halogens is 3. The zero-order valence-corrected chi connectivity index (χ0v) is 10.7. The molecule has 0 saturated heterocycles. The van der Waals surface area contributed by atoms with E-state index in [1.165, 1.54) is 6.07 Å². The summed E-state index contributed by atoms with van der Waals surface area (Å²) in [5.41, 5.74) is 1.08. The summed E-state index contributed by atoms with van der Waals surface area (Å²) in [4.78, 5) is 0. The maximum Gasteiger partial charge on any atom is 0.177 e. The molecule has 0 fully saturated rings. The van der Waals surface area contributed by atoms with Crippen molar-refractivity contribution in [1.29, 1.82) is 0 Å². The lowest BCUT2D eigenvalue weighted by molar-refractivity contribution is 0.405. The molecule has 0 aliphatic heterocycles. The fourth-order valence-corrected chi connectivity index (χ4v) is 1.90. The molecule has 0 aliphatic carbocycles. The molecule has 0 saturated carbocycles. The van der Waals surface area contributed by atoms with Crippen LogP contribution >= 0.6 is 34.8 Å². The van der Waals surface area contributed by atoms with Crippen LogP contribution < -0.4 is 0 Å². The van der Waals surface area contributed by atoms with E-state index in [1.807, 2.05) is 0 Å². The predicted octanol–water partition coefficient (Wildman–Crippen LogP) is 4.73. The molecule has 88 valence electrons. The van der Waals surface area contributed by atoms with Crippen molar-refractivity contribution in [2.75, 3.05) is 0 Å². The highest BCUT2D eigenvalue weighted by Crippen LogP contribution is 2.42. The Kier molecular flexibility index (Phi) is 3.38. The quantitative estimate of drug-likeness (QED) is 0.745. The van der Waals surface area contributed by atoms with Crippen LogP contribution in [0.1, 0.15) is 0 Å². The summed E-state index contributed by atoms with van der Waals surface area (Å²) in [6.45, 7) is 0. The number of hydrogen-bond acceptors (Lipinski definition) is 2. The SMILES string of the molecule is Oc1c(Cl)ccc(-c2ccc(Cl)c(Cl)c2)c1O. The standard InChI is InChI=1S/C12H7Cl3O2/c13-8-3-1-6(5-10(8)15)7-2-4-9(14)12(17)11(7)16/h1-5,16-17H. The smallest absolute Gasteiger partial charge is 0.177 e. The molecule has 0 aromatic heterocycles. The molecule has 0 aliphatic rings. The maximum absolute atomic E-state index is 9.78. The van der Waals surface area contributed by atoms with Crippen LogP contribution in [0.15, 0.2) is 30.3 Å². The highest BCUT2D eigenvalue weighted by Gasteiger charge is 2.12. The summed E-state index contributed by atoms with van der Waals surface area (Å²) in [6.07, 6.45) is 0. The third kappa shape index (κ3) is 2.29. The average molecular weight is 290 g/mol. The van der Waals surface area contributed by atoms with Crippen molar-refractivity contribution in [1.82, 2.24) is 0 Å². The van der Waals surface area contributed by atoms with Crippen molar-refractivity contribution in [3.8, 4) is 22.6 Å². The summed E-state index contributed by atoms with van der Waals surface area (Å²) in [6, 6.07) is 8.00. The van der Waals surface area contributed by atoms with Gasteiger partial charge in [-0.15, -0.1) is 0 Å². The molecule has 2 rings (SSSR count). The summed E-state index contributed by atoms with van der Waals surface area (Å²) in [7, 11) is 0. The summed E-state index contributed by atoms with van der Waals surface area (Å²) in [5.74, 6) is -0.633. The number of hydrogen-bond donors (Lipinski definition) is 2. The van der Waals surface area contributed by atoms with Gasteiger partial charge < -0.3 is 10.2 Å². The lowest BCUT2D eigenvalue weighted by Gasteiger charge is -2.08. The monoisotopic (exact) mass is 288 g/mol. The van der Waals surface area contributed by atoms with E-state index in [0.29, 0.717) is 21.2 Å². The molecule has 17 heavy (non-hydrogen) atoms. The second-order valence-corrected chi connectivity index (χ2v) is 4.64. The second-order valence-electron chi connectivity index (χ2n) is 3.42. The molecular formula is C12H7Cl3O2. The lowest BCUT2D eigenvalue weighted by Crippen LogP contribution is -1.81.